The second-order valence-corrected chi connectivity index (χ2v) is 11.2. The minimum Gasteiger partial charge on any atom is -0.493 e. The number of nitrogens with zero attached hydrogens (tertiary/aromatic N) is 2. The van der Waals surface area contributed by atoms with Crippen LogP contribution in [0.25, 0.3) is 0 Å². The van der Waals surface area contributed by atoms with Gasteiger partial charge in [0.05, 0.1) is 20.3 Å². The summed E-state index contributed by atoms with van der Waals surface area (Å²) in [6.45, 7) is 8.69. The Morgan fingerprint density at radius 1 is 1.00 bits per heavy atom. The number of carbonyl (C=O) groups is 2. The summed E-state index contributed by atoms with van der Waals surface area (Å²) in [5, 5.41) is 3.50. The molecule has 38 heavy (non-hydrogen) atoms. The maximum absolute atomic E-state index is 13.7. The normalized spacial score (nSPS) is 20.9. The van der Waals surface area contributed by atoms with Crippen LogP contribution >= 0.6 is 0 Å². The van der Waals surface area contributed by atoms with E-state index in [0.717, 1.165) is 32.4 Å². The fraction of sp³-hybridized carbons (Fsp3) is 0.724. The van der Waals surface area contributed by atoms with Crippen LogP contribution in [0.15, 0.2) is 18.2 Å². The molecule has 0 spiro atoms. The Kier molecular flexibility index (Phi) is 10.1. The molecule has 1 aromatic carbocycles. The Bertz CT molecular complexity index is 933. The molecule has 0 bridgehead atoms. The highest BCUT2D eigenvalue weighted by molar-refractivity contribution is 5.95. The summed E-state index contributed by atoms with van der Waals surface area (Å²) in [7, 11) is 3.26. The third-order valence-electron chi connectivity index (χ3n) is 7.75. The summed E-state index contributed by atoms with van der Waals surface area (Å²) in [4.78, 5) is 30.5. The van der Waals surface area contributed by atoms with Gasteiger partial charge in [0, 0.05) is 64.0 Å². The van der Waals surface area contributed by atoms with Gasteiger partial charge in [-0.25, -0.2) is 4.79 Å². The maximum Gasteiger partial charge on any atom is 0.410 e. The van der Waals surface area contributed by atoms with Crippen molar-refractivity contribution in [1.29, 1.82) is 0 Å². The van der Waals surface area contributed by atoms with Gasteiger partial charge < -0.3 is 34.1 Å². The van der Waals surface area contributed by atoms with Gasteiger partial charge in [-0.1, -0.05) is 0 Å². The van der Waals surface area contributed by atoms with Gasteiger partial charge in [0.1, 0.15) is 0 Å². The summed E-state index contributed by atoms with van der Waals surface area (Å²) in [5.74, 6) is 2.21. The first kappa shape index (κ1) is 28.5. The van der Waals surface area contributed by atoms with E-state index in [1.54, 1.807) is 32.4 Å². The smallest absolute Gasteiger partial charge is 0.410 e. The predicted octanol–water partition coefficient (Wildman–Crippen LogP) is 3.81. The van der Waals surface area contributed by atoms with Gasteiger partial charge in [0.15, 0.2) is 11.5 Å². The minimum absolute atomic E-state index is 0.0277. The molecular weight excluding hydrogens is 486 g/mol. The Balaban J connectivity index is 1.40. The van der Waals surface area contributed by atoms with Crippen LogP contribution in [-0.2, 0) is 9.47 Å². The van der Waals surface area contributed by atoms with E-state index in [2.05, 4.69) is 5.32 Å². The topological polar surface area (TPSA) is 89.6 Å². The molecule has 2 saturated carbocycles. The van der Waals surface area contributed by atoms with Crippen molar-refractivity contribution < 1.29 is 28.5 Å². The highest BCUT2D eigenvalue weighted by Crippen LogP contribution is 2.33. The Morgan fingerprint density at radius 2 is 1.74 bits per heavy atom. The molecule has 4 rings (SSSR count). The lowest BCUT2D eigenvalue weighted by Crippen LogP contribution is -2.45. The molecule has 2 amide bonds. The molecular formula is C29H45N3O6. The van der Waals surface area contributed by atoms with Gasteiger partial charge in [0.25, 0.3) is 5.91 Å². The number of ether oxygens (including phenoxy) is 4. The predicted molar refractivity (Wildman–Crippen MR) is 145 cm³/mol. The summed E-state index contributed by atoms with van der Waals surface area (Å²) in [5.41, 5.74) is 0.576. The van der Waals surface area contributed by atoms with E-state index in [-0.39, 0.29) is 29.9 Å². The molecule has 212 valence electrons. The first-order valence-electron chi connectivity index (χ1n) is 14.2. The Morgan fingerprint density at radius 3 is 2.37 bits per heavy atom. The van der Waals surface area contributed by atoms with Gasteiger partial charge in [0.2, 0.25) is 0 Å². The summed E-state index contributed by atoms with van der Waals surface area (Å²) < 4.78 is 22.1. The van der Waals surface area contributed by atoms with Crippen molar-refractivity contribution in [2.45, 2.75) is 58.0 Å². The van der Waals surface area contributed by atoms with Crippen molar-refractivity contribution in [3.63, 3.8) is 0 Å². The van der Waals surface area contributed by atoms with Gasteiger partial charge in [-0.15, -0.1) is 0 Å². The quantitative estimate of drug-likeness (QED) is 0.344. The van der Waals surface area contributed by atoms with Crippen LogP contribution in [0.5, 0.6) is 11.5 Å². The van der Waals surface area contributed by atoms with Crippen LogP contribution < -0.4 is 14.8 Å². The van der Waals surface area contributed by atoms with E-state index in [1.165, 1.54) is 12.8 Å². The molecule has 1 saturated heterocycles. The molecule has 1 aromatic rings. The van der Waals surface area contributed by atoms with E-state index in [9.17, 15) is 9.59 Å². The standard InChI is InChI=1S/C29H45N3O6/c1-20(2)31(28(33)22-8-11-26(36-4)27(14-22)37-13-5-12-35-3)17-23-15-30-16-24(23)18-32(25-9-10-25)29(34)38-19-21-6-7-21/h8,11,14,20-21,23-25,30H,5-7,9-10,12-13,15-19H2,1-4H3/t23-,24+/m1/s1. The molecule has 2 aliphatic carbocycles. The van der Waals surface area contributed by atoms with E-state index < -0.39 is 0 Å². The summed E-state index contributed by atoms with van der Waals surface area (Å²) >= 11 is 0. The molecule has 1 aliphatic heterocycles. The number of methoxy groups -OCH3 is 2. The lowest BCUT2D eigenvalue weighted by atomic mass is 9.94. The largest absolute Gasteiger partial charge is 0.493 e. The van der Waals surface area contributed by atoms with E-state index in [0.29, 0.717) is 61.9 Å². The zero-order valence-corrected chi connectivity index (χ0v) is 23.4. The van der Waals surface area contributed by atoms with Crippen molar-refractivity contribution in [1.82, 2.24) is 15.1 Å². The number of hydrogen-bond acceptors (Lipinski definition) is 7. The third kappa shape index (κ3) is 7.76. The zero-order chi connectivity index (χ0) is 27.1. The van der Waals surface area contributed by atoms with Crippen molar-refractivity contribution in [2.24, 2.45) is 17.8 Å². The molecule has 3 fully saturated rings. The minimum atomic E-state index is -0.168. The summed E-state index contributed by atoms with van der Waals surface area (Å²) in [6.07, 6.45) is 5.01. The van der Waals surface area contributed by atoms with E-state index >= 15 is 0 Å². The fourth-order valence-electron chi connectivity index (χ4n) is 5.04. The molecule has 9 heteroatoms. The average Bonchev–Trinajstić information content (AvgIpc) is 3.85. The second kappa shape index (κ2) is 13.5. The number of carbonyl (C=O) groups excluding carboxylic acids is 2. The Labute approximate surface area is 227 Å². The average molecular weight is 532 g/mol. The van der Waals surface area contributed by atoms with Crippen LogP contribution in [-0.4, -0.2) is 94.1 Å². The monoisotopic (exact) mass is 531 g/mol. The first-order valence-corrected chi connectivity index (χ1v) is 14.2. The lowest BCUT2D eigenvalue weighted by Gasteiger charge is -2.33. The SMILES string of the molecule is COCCCOc1cc(C(=O)N(C[C@H]2CNC[C@H]2CN(C(=O)OCC2CC2)C2CC2)C(C)C)ccc1OC. The van der Waals surface area contributed by atoms with Crippen LogP contribution in [0.2, 0.25) is 0 Å². The molecule has 1 N–H and O–H groups in total. The lowest BCUT2D eigenvalue weighted by molar-refractivity contribution is 0.0629. The van der Waals surface area contributed by atoms with E-state index in [1.807, 2.05) is 23.6 Å². The molecule has 0 aromatic heterocycles. The van der Waals surface area contributed by atoms with Crippen LogP contribution in [0, 0.1) is 17.8 Å². The number of amides is 2. The molecule has 3 aliphatic rings. The van der Waals surface area contributed by atoms with Crippen LogP contribution in [0.3, 0.4) is 0 Å². The molecule has 9 nitrogen and oxygen atoms in total. The number of hydrogen-bond donors (Lipinski definition) is 1. The summed E-state index contributed by atoms with van der Waals surface area (Å²) in [6, 6.07) is 5.69. The highest BCUT2D eigenvalue weighted by Gasteiger charge is 2.39. The first-order chi connectivity index (χ1) is 18.4. The van der Waals surface area contributed by atoms with Gasteiger partial charge >= 0.3 is 6.09 Å². The molecule has 0 radical (unpaired) electrons. The number of rotatable bonds is 15. The number of nitrogens with one attached hydrogen (secondary N) is 1. The molecule has 0 unspecified atom stereocenters. The van der Waals surface area contributed by atoms with Crippen molar-refractivity contribution >= 4 is 12.0 Å². The highest BCUT2D eigenvalue weighted by atomic mass is 16.6. The van der Waals surface area contributed by atoms with Crippen LogP contribution in [0.1, 0.15) is 56.3 Å². The zero-order valence-electron chi connectivity index (χ0n) is 23.4. The third-order valence-corrected chi connectivity index (χ3v) is 7.75. The molecule has 2 atom stereocenters. The van der Waals surface area contributed by atoms with Crippen molar-refractivity contribution in [3.05, 3.63) is 23.8 Å². The van der Waals surface area contributed by atoms with Gasteiger partial charge in [-0.2, -0.15) is 0 Å². The van der Waals surface area contributed by atoms with Crippen molar-refractivity contribution in [3.8, 4) is 11.5 Å². The van der Waals surface area contributed by atoms with Crippen molar-refractivity contribution in [2.75, 3.05) is 60.2 Å². The second-order valence-electron chi connectivity index (χ2n) is 11.2. The maximum atomic E-state index is 13.7. The van der Waals surface area contributed by atoms with Crippen LogP contribution in [0.4, 0.5) is 4.79 Å². The van der Waals surface area contributed by atoms with E-state index in [4.69, 9.17) is 18.9 Å². The Hall–Kier alpha value is -2.52. The fourth-order valence-corrected chi connectivity index (χ4v) is 5.04. The number of benzene rings is 1. The van der Waals surface area contributed by atoms with Gasteiger partial charge in [-0.3, -0.25) is 4.79 Å². The molecule has 1 heterocycles. The van der Waals surface area contributed by atoms with Gasteiger partial charge in [-0.05, 0) is 75.5 Å².